The van der Waals surface area contributed by atoms with Crippen molar-refractivity contribution < 1.29 is 9.53 Å². The summed E-state index contributed by atoms with van der Waals surface area (Å²) in [6, 6.07) is 0.222. The van der Waals surface area contributed by atoms with E-state index in [0.29, 0.717) is 19.3 Å². The Labute approximate surface area is 110 Å². The molecule has 4 heteroatoms. The highest BCUT2D eigenvalue weighted by Gasteiger charge is 2.27. The highest BCUT2D eigenvalue weighted by Crippen LogP contribution is 2.24. The number of carbonyl (C=O) groups excluding carboxylic acids is 1. The molecule has 0 heterocycles. The van der Waals surface area contributed by atoms with Crippen molar-refractivity contribution in [2.45, 2.75) is 63.5 Å². The minimum absolute atomic E-state index is 0.134. The van der Waals surface area contributed by atoms with Crippen molar-refractivity contribution in [3.8, 4) is 0 Å². The van der Waals surface area contributed by atoms with E-state index in [1.807, 2.05) is 0 Å². The first-order valence-electron chi connectivity index (χ1n) is 7.40. The average molecular weight is 254 g/mol. The van der Waals surface area contributed by atoms with Gasteiger partial charge in [0, 0.05) is 18.5 Å². The quantitative estimate of drug-likeness (QED) is 0.732. The zero-order valence-electron chi connectivity index (χ0n) is 11.2. The third kappa shape index (κ3) is 4.25. The number of hydrogen-bond acceptors (Lipinski definition) is 3. The molecule has 0 aromatic heterocycles. The fraction of sp³-hybridized carbons (Fsp3) is 0.929. The van der Waals surface area contributed by atoms with Crippen molar-refractivity contribution >= 4 is 5.91 Å². The van der Waals surface area contributed by atoms with Crippen LogP contribution in [0, 0.1) is 5.92 Å². The summed E-state index contributed by atoms with van der Waals surface area (Å²) in [4.78, 5) is 11.8. The molecule has 0 aliphatic heterocycles. The van der Waals surface area contributed by atoms with Gasteiger partial charge in [0.15, 0.2) is 0 Å². The summed E-state index contributed by atoms with van der Waals surface area (Å²) in [6.45, 7) is 1.29. The molecule has 0 spiro atoms. The molecule has 0 saturated heterocycles. The summed E-state index contributed by atoms with van der Waals surface area (Å²) in [5, 5.41) is 2.97. The van der Waals surface area contributed by atoms with Gasteiger partial charge in [0.05, 0.1) is 12.7 Å². The Hall–Kier alpha value is -0.610. The van der Waals surface area contributed by atoms with Crippen LogP contribution < -0.4 is 11.1 Å². The van der Waals surface area contributed by atoms with Gasteiger partial charge in [-0.2, -0.15) is 0 Å². The number of nitrogens with one attached hydrogen (secondary N) is 1. The van der Waals surface area contributed by atoms with Gasteiger partial charge in [0.25, 0.3) is 0 Å². The van der Waals surface area contributed by atoms with Crippen LogP contribution >= 0.6 is 0 Å². The second kappa shape index (κ2) is 7.10. The van der Waals surface area contributed by atoms with E-state index in [1.54, 1.807) is 0 Å². The first kappa shape index (κ1) is 13.8. The smallest absolute Gasteiger partial charge is 0.223 e. The summed E-state index contributed by atoms with van der Waals surface area (Å²) in [6.07, 6.45) is 9.49. The van der Waals surface area contributed by atoms with Gasteiger partial charge >= 0.3 is 0 Å². The molecule has 104 valence electrons. The van der Waals surface area contributed by atoms with Gasteiger partial charge in [-0.3, -0.25) is 4.79 Å². The van der Waals surface area contributed by atoms with E-state index in [-0.39, 0.29) is 17.9 Å². The Morgan fingerprint density at radius 3 is 2.61 bits per heavy atom. The van der Waals surface area contributed by atoms with Crippen molar-refractivity contribution in [2.75, 3.05) is 13.2 Å². The molecule has 2 aliphatic carbocycles. The summed E-state index contributed by atoms with van der Waals surface area (Å²) in [5.74, 6) is 0.296. The van der Waals surface area contributed by atoms with Crippen LogP contribution in [0.4, 0.5) is 0 Å². The molecule has 3 N–H and O–H groups in total. The molecule has 0 aromatic rings. The Morgan fingerprint density at radius 1 is 1.17 bits per heavy atom. The third-order valence-corrected chi connectivity index (χ3v) is 4.15. The van der Waals surface area contributed by atoms with Crippen LogP contribution in [0.1, 0.15) is 51.4 Å². The molecule has 2 saturated carbocycles. The van der Waals surface area contributed by atoms with E-state index in [1.165, 1.54) is 32.1 Å². The maximum Gasteiger partial charge on any atom is 0.223 e. The lowest BCUT2D eigenvalue weighted by Crippen LogP contribution is -2.33. The maximum atomic E-state index is 11.8. The number of hydrogen-bond donors (Lipinski definition) is 2. The molecular weight excluding hydrogens is 228 g/mol. The van der Waals surface area contributed by atoms with Crippen molar-refractivity contribution in [3.63, 3.8) is 0 Å². The molecule has 2 rings (SSSR count). The summed E-state index contributed by atoms with van der Waals surface area (Å²) >= 11 is 0. The minimum atomic E-state index is 0.134. The van der Waals surface area contributed by atoms with Crippen molar-refractivity contribution in [1.82, 2.24) is 5.32 Å². The molecule has 2 fully saturated rings. The second-order valence-corrected chi connectivity index (χ2v) is 5.69. The lowest BCUT2D eigenvalue weighted by atomic mass is 9.98. The number of nitrogens with two attached hydrogens (primary N) is 1. The fourth-order valence-corrected chi connectivity index (χ4v) is 3.03. The molecule has 0 aromatic carbocycles. The predicted molar refractivity (Wildman–Crippen MR) is 71.2 cm³/mol. The standard InChI is InChI=1S/C14H26N2O2/c15-12-7-6-11(10-12)14(17)16-8-9-18-13-4-2-1-3-5-13/h11-13H,1-10,15H2,(H,16,17). The van der Waals surface area contributed by atoms with E-state index in [2.05, 4.69) is 5.32 Å². The van der Waals surface area contributed by atoms with E-state index in [0.717, 1.165) is 19.3 Å². The summed E-state index contributed by atoms with van der Waals surface area (Å²) in [5.41, 5.74) is 5.81. The van der Waals surface area contributed by atoms with Crippen LogP contribution in [-0.4, -0.2) is 31.2 Å². The predicted octanol–water partition coefficient (Wildman–Crippen LogP) is 1.58. The fourth-order valence-electron chi connectivity index (χ4n) is 3.03. The van der Waals surface area contributed by atoms with E-state index < -0.39 is 0 Å². The van der Waals surface area contributed by atoms with Crippen LogP contribution in [0.3, 0.4) is 0 Å². The first-order valence-corrected chi connectivity index (χ1v) is 7.40. The van der Waals surface area contributed by atoms with E-state index in [9.17, 15) is 4.79 Å². The molecule has 2 atom stereocenters. The summed E-state index contributed by atoms with van der Waals surface area (Å²) in [7, 11) is 0. The van der Waals surface area contributed by atoms with Crippen molar-refractivity contribution in [3.05, 3.63) is 0 Å². The maximum absolute atomic E-state index is 11.8. The Balaban J connectivity index is 1.53. The monoisotopic (exact) mass is 254 g/mol. The Bertz CT molecular complexity index is 265. The lowest BCUT2D eigenvalue weighted by molar-refractivity contribution is -0.125. The molecule has 4 nitrogen and oxygen atoms in total. The van der Waals surface area contributed by atoms with Gasteiger partial charge < -0.3 is 15.8 Å². The molecule has 0 radical (unpaired) electrons. The van der Waals surface area contributed by atoms with Crippen LogP contribution in [0.15, 0.2) is 0 Å². The van der Waals surface area contributed by atoms with Gasteiger partial charge in [-0.15, -0.1) is 0 Å². The number of rotatable bonds is 5. The number of carbonyl (C=O) groups is 1. The molecule has 18 heavy (non-hydrogen) atoms. The van der Waals surface area contributed by atoms with Gasteiger partial charge in [-0.25, -0.2) is 0 Å². The van der Waals surface area contributed by atoms with Crippen LogP contribution in [0.5, 0.6) is 0 Å². The third-order valence-electron chi connectivity index (χ3n) is 4.15. The van der Waals surface area contributed by atoms with Crippen LogP contribution in [0.25, 0.3) is 0 Å². The second-order valence-electron chi connectivity index (χ2n) is 5.69. The zero-order valence-corrected chi connectivity index (χ0v) is 11.2. The van der Waals surface area contributed by atoms with E-state index in [4.69, 9.17) is 10.5 Å². The Kier molecular flexibility index (Phi) is 5.45. The zero-order chi connectivity index (χ0) is 12.8. The number of amides is 1. The minimum Gasteiger partial charge on any atom is -0.376 e. The molecule has 1 amide bonds. The Morgan fingerprint density at radius 2 is 1.94 bits per heavy atom. The number of ether oxygens (including phenoxy) is 1. The van der Waals surface area contributed by atoms with Gasteiger partial charge in [-0.1, -0.05) is 19.3 Å². The van der Waals surface area contributed by atoms with Crippen LogP contribution in [-0.2, 0) is 9.53 Å². The van der Waals surface area contributed by atoms with Crippen molar-refractivity contribution in [1.29, 1.82) is 0 Å². The topological polar surface area (TPSA) is 64.4 Å². The van der Waals surface area contributed by atoms with Crippen molar-refractivity contribution in [2.24, 2.45) is 11.7 Å². The van der Waals surface area contributed by atoms with Gasteiger partial charge in [0.2, 0.25) is 5.91 Å². The molecule has 2 aliphatic rings. The SMILES string of the molecule is NC1CCC(C(=O)NCCOC2CCCCC2)C1. The average Bonchev–Trinajstić information content (AvgIpc) is 2.82. The van der Waals surface area contributed by atoms with Crippen LogP contribution in [0.2, 0.25) is 0 Å². The van der Waals surface area contributed by atoms with Gasteiger partial charge in [0.1, 0.15) is 0 Å². The molecular formula is C14H26N2O2. The normalized spacial score (nSPS) is 29.4. The van der Waals surface area contributed by atoms with Gasteiger partial charge in [-0.05, 0) is 32.1 Å². The summed E-state index contributed by atoms with van der Waals surface area (Å²) < 4.78 is 5.78. The largest absolute Gasteiger partial charge is 0.376 e. The highest BCUT2D eigenvalue weighted by molar-refractivity contribution is 5.78. The first-order chi connectivity index (χ1) is 8.75. The molecule has 0 bridgehead atoms. The lowest BCUT2D eigenvalue weighted by Gasteiger charge is -2.22. The molecule has 2 unspecified atom stereocenters. The van der Waals surface area contributed by atoms with E-state index >= 15 is 0 Å². The highest BCUT2D eigenvalue weighted by atomic mass is 16.5.